The number of rotatable bonds is 9. The van der Waals surface area contributed by atoms with E-state index >= 15 is 0 Å². The van der Waals surface area contributed by atoms with Crippen LogP contribution >= 0.6 is 0 Å². The number of nitrogens with zero attached hydrogens (tertiary/aromatic N) is 2. The third kappa shape index (κ3) is 6.17. The number of sulfonamides is 1. The van der Waals surface area contributed by atoms with E-state index < -0.39 is 34.5 Å². The lowest BCUT2D eigenvalue weighted by Gasteiger charge is -2.15. The number of aromatic nitrogens is 2. The highest BCUT2D eigenvalue weighted by Crippen LogP contribution is 2.13. The summed E-state index contributed by atoms with van der Waals surface area (Å²) < 4.78 is 27.0. The Morgan fingerprint density at radius 2 is 1.67 bits per heavy atom. The van der Waals surface area contributed by atoms with Crippen LogP contribution in [0.1, 0.15) is 21.6 Å². The first-order valence-electron chi connectivity index (χ1n) is 10.9. The Kier molecular flexibility index (Phi) is 7.47. The number of benzene rings is 2. The molecule has 1 unspecified atom stereocenters. The second-order valence-corrected chi connectivity index (χ2v) is 9.49. The molecule has 36 heavy (non-hydrogen) atoms. The number of carbonyl (C=O) groups excluding carboxylic acids is 1. The topological polar surface area (TPSA) is 138 Å². The summed E-state index contributed by atoms with van der Waals surface area (Å²) in [6.07, 6.45) is 5.36. The number of hydrogen-bond donors (Lipinski definition) is 3. The van der Waals surface area contributed by atoms with E-state index in [2.05, 4.69) is 20.0 Å². The fourth-order valence-electron chi connectivity index (χ4n) is 3.32. The first kappa shape index (κ1) is 24.7. The number of nitrogens with one attached hydrogen (secondary N) is 2. The minimum Gasteiger partial charge on any atom is -0.480 e. The average Bonchev–Trinajstić information content (AvgIpc) is 2.90. The van der Waals surface area contributed by atoms with Crippen LogP contribution < -0.4 is 10.0 Å². The van der Waals surface area contributed by atoms with Gasteiger partial charge in [-0.25, -0.2) is 18.4 Å². The van der Waals surface area contributed by atoms with Crippen molar-refractivity contribution in [2.24, 2.45) is 0 Å². The second-order valence-electron chi connectivity index (χ2n) is 7.78. The predicted octanol–water partition coefficient (Wildman–Crippen LogP) is 2.96. The molecule has 0 aliphatic rings. The SMILES string of the molecule is O=C(NCC(NS(=O)(=O)c1ccccc1)C(=O)O)c1ccc(/C=C/c2ccc3cccnc3n2)cc1. The fourth-order valence-corrected chi connectivity index (χ4v) is 4.53. The molecule has 1 amide bonds. The molecule has 0 spiro atoms. The summed E-state index contributed by atoms with van der Waals surface area (Å²) in [4.78, 5) is 32.7. The number of carboxylic acid groups (broad SMARTS) is 1. The van der Waals surface area contributed by atoms with Gasteiger partial charge in [0.2, 0.25) is 10.0 Å². The van der Waals surface area contributed by atoms with Crippen LogP contribution in [0, 0.1) is 0 Å². The Labute approximate surface area is 207 Å². The zero-order valence-corrected chi connectivity index (χ0v) is 19.7. The Balaban J connectivity index is 1.37. The van der Waals surface area contributed by atoms with Gasteiger partial charge in [0.05, 0.1) is 10.6 Å². The molecule has 0 aliphatic carbocycles. The molecule has 0 radical (unpaired) electrons. The van der Waals surface area contributed by atoms with Crippen molar-refractivity contribution in [1.82, 2.24) is 20.0 Å². The summed E-state index contributed by atoms with van der Waals surface area (Å²) in [7, 11) is -4.06. The molecule has 0 saturated carbocycles. The van der Waals surface area contributed by atoms with E-state index in [1.807, 2.05) is 36.4 Å². The van der Waals surface area contributed by atoms with Crippen LogP contribution in [0.3, 0.4) is 0 Å². The molecule has 3 N–H and O–H groups in total. The second kappa shape index (κ2) is 10.9. The molecule has 4 rings (SSSR count). The maximum absolute atomic E-state index is 12.5. The zero-order chi connectivity index (χ0) is 25.5. The molecule has 4 aromatic rings. The summed E-state index contributed by atoms with van der Waals surface area (Å²) in [6, 6.07) is 20.1. The highest BCUT2D eigenvalue weighted by Gasteiger charge is 2.25. The van der Waals surface area contributed by atoms with Crippen molar-refractivity contribution in [2.45, 2.75) is 10.9 Å². The largest absolute Gasteiger partial charge is 0.480 e. The minimum atomic E-state index is -4.06. The van der Waals surface area contributed by atoms with Gasteiger partial charge in [0, 0.05) is 23.7 Å². The van der Waals surface area contributed by atoms with Crippen molar-refractivity contribution < 1.29 is 23.1 Å². The van der Waals surface area contributed by atoms with Gasteiger partial charge in [-0.15, -0.1) is 0 Å². The molecule has 1 atom stereocenters. The lowest BCUT2D eigenvalue weighted by Crippen LogP contribution is -2.48. The molecule has 0 bridgehead atoms. The van der Waals surface area contributed by atoms with Crippen molar-refractivity contribution in [2.75, 3.05) is 6.54 Å². The van der Waals surface area contributed by atoms with Gasteiger partial charge in [0.1, 0.15) is 6.04 Å². The van der Waals surface area contributed by atoms with Crippen LogP contribution in [0.2, 0.25) is 0 Å². The standard InChI is InChI=1S/C26H22N4O5S/c31-25(28-17-23(26(32)33)30-36(34,35)22-6-2-1-3-7-22)20-11-8-18(9-12-20)10-14-21-15-13-19-5-4-16-27-24(19)29-21/h1-16,23,30H,17H2,(H,28,31)(H,32,33)/b14-10+. The van der Waals surface area contributed by atoms with E-state index in [0.717, 1.165) is 16.6 Å². The van der Waals surface area contributed by atoms with E-state index in [0.29, 0.717) is 11.2 Å². The number of carboxylic acids is 1. The maximum Gasteiger partial charge on any atom is 0.323 e. The third-order valence-electron chi connectivity index (χ3n) is 5.22. The number of fused-ring (bicyclic) bond motifs is 1. The van der Waals surface area contributed by atoms with Crippen molar-refractivity contribution in [3.8, 4) is 0 Å². The highest BCUT2D eigenvalue weighted by molar-refractivity contribution is 7.89. The number of amides is 1. The summed E-state index contributed by atoms with van der Waals surface area (Å²) in [5, 5.41) is 12.8. The van der Waals surface area contributed by atoms with Crippen LogP contribution in [0.5, 0.6) is 0 Å². The molecule has 10 heteroatoms. The van der Waals surface area contributed by atoms with E-state index in [4.69, 9.17) is 0 Å². The van der Waals surface area contributed by atoms with Crippen molar-refractivity contribution in [3.05, 3.63) is 102 Å². The molecule has 0 aliphatic heterocycles. The van der Waals surface area contributed by atoms with Gasteiger partial charge >= 0.3 is 5.97 Å². The zero-order valence-electron chi connectivity index (χ0n) is 18.9. The summed E-state index contributed by atoms with van der Waals surface area (Å²) >= 11 is 0. The van der Waals surface area contributed by atoms with E-state index in [9.17, 15) is 23.1 Å². The summed E-state index contributed by atoms with van der Waals surface area (Å²) in [5.41, 5.74) is 2.52. The molecular weight excluding hydrogens is 480 g/mol. The molecule has 2 aromatic carbocycles. The molecule has 0 fully saturated rings. The van der Waals surface area contributed by atoms with Crippen LogP contribution in [-0.2, 0) is 14.8 Å². The quantitative estimate of drug-likeness (QED) is 0.320. The van der Waals surface area contributed by atoms with Gasteiger partial charge in [-0.1, -0.05) is 36.4 Å². The average molecular weight is 503 g/mol. The minimum absolute atomic E-state index is 0.0682. The Bertz CT molecular complexity index is 1520. The van der Waals surface area contributed by atoms with Gasteiger partial charge in [-0.05, 0) is 60.2 Å². The first-order valence-corrected chi connectivity index (χ1v) is 12.4. The normalized spacial score (nSPS) is 12.4. The molecule has 9 nitrogen and oxygen atoms in total. The summed E-state index contributed by atoms with van der Waals surface area (Å²) in [5.74, 6) is -1.94. The number of carbonyl (C=O) groups is 2. The lowest BCUT2D eigenvalue weighted by atomic mass is 10.1. The number of aliphatic carboxylic acids is 1. The van der Waals surface area contributed by atoms with Crippen LogP contribution in [0.25, 0.3) is 23.2 Å². The Morgan fingerprint density at radius 3 is 2.39 bits per heavy atom. The van der Waals surface area contributed by atoms with Crippen LogP contribution in [0.4, 0.5) is 0 Å². The van der Waals surface area contributed by atoms with Gasteiger partial charge in [-0.2, -0.15) is 4.72 Å². The first-order chi connectivity index (χ1) is 17.3. The predicted molar refractivity (Wildman–Crippen MR) is 135 cm³/mol. The summed E-state index contributed by atoms with van der Waals surface area (Å²) in [6.45, 7) is -0.427. The van der Waals surface area contributed by atoms with Gasteiger partial charge in [-0.3, -0.25) is 9.59 Å². The fraction of sp³-hybridized carbons (Fsp3) is 0.0769. The third-order valence-corrected chi connectivity index (χ3v) is 6.71. The number of pyridine rings is 2. The van der Waals surface area contributed by atoms with E-state index in [1.165, 1.54) is 24.3 Å². The number of hydrogen-bond acceptors (Lipinski definition) is 6. The molecular formula is C26H22N4O5S. The molecule has 182 valence electrons. The van der Waals surface area contributed by atoms with E-state index in [1.54, 1.807) is 36.5 Å². The van der Waals surface area contributed by atoms with Gasteiger partial charge < -0.3 is 10.4 Å². The van der Waals surface area contributed by atoms with Crippen molar-refractivity contribution in [1.29, 1.82) is 0 Å². The molecule has 0 saturated heterocycles. The molecule has 2 aromatic heterocycles. The van der Waals surface area contributed by atoms with Crippen LogP contribution in [0.15, 0.2) is 90.0 Å². The van der Waals surface area contributed by atoms with Crippen molar-refractivity contribution >= 4 is 45.1 Å². The molecule has 2 heterocycles. The van der Waals surface area contributed by atoms with Crippen molar-refractivity contribution in [3.63, 3.8) is 0 Å². The van der Waals surface area contributed by atoms with E-state index in [-0.39, 0.29) is 4.90 Å². The van der Waals surface area contributed by atoms with Gasteiger partial charge in [0.15, 0.2) is 5.65 Å². The Hall–Kier alpha value is -4.41. The van der Waals surface area contributed by atoms with Crippen LogP contribution in [-0.4, -0.2) is 48.0 Å². The van der Waals surface area contributed by atoms with Gasteiger partial charge in [0.25, 0.3) is 5.91 Å². The smallest absolute Gasteiger partial charge is 0.323 e. The maximum atomic E-state index is 12.5. The lowest BCUT2D eigenvalue weighted by molar-refractivity contribution is -0.138. The highest BCUT2D eigenvalue weighted by atomic mass is 32.2. The monoisotopic (exact) mass is 502 g/mol. The Morgan fingerprint density at radius 1 is 0.917 bits per heavy atom.